The minimum absolute atomic E-state index is 0.0662. The Hall–Kier alpha value is -1.33. The van der Waals surface area contributed by atoms with Gasteiger partial charge in [-0.1, -0.05) is 15.9 Å². The van der Waals surface area contributed by atoms with E-state index in [1.807, 2.05) is 29.0 Å². The van der Waals surface area contributed by atoms with Gasteiger partial charge in [-0.05, 0) is 18.2 Å². The zero-order chi connectivity index (χ0) is 12.3. The first-order chi connectivity index (χ1) is 8.24. The number of methoxy groups -OCH3 is 1. The minimum Gasteiger partial charge on any atom is -0.496 e. The third-order valence-electron chi connectivity index (χ3n) is 2.53. The Kier molecular flexibility index (Phi) is 3.81. The Morgan fingerprint density at radius 1 is 1.47 bits per heavy atom. The molecule has 0 saturated carbocycles. The van der Waals surface area contributed by atoms with Gasteiger partial charge in [0.15, 0.2) is 0 Å². The molecule has 0 amide bonds. The Morgan fingerprint density at radius 3 is 3.00 bits per heavy atom. The maximum Gasteiger partial charge on any atom is 0.134 e. The number of rotatable bonds is 4. The topological polar surface area (TPSA) is 47.3 Å². The van der Waals surface area contributed by atoms with Crippen LogP contribution in [0.5, 0.6) is 5.75 Å². The summed E-state index contributed by atoms with van der Waals surface area (Å²) in [6, 6.07) is 5.85. The van der Waals surface area contributed by atoms with E-state index in [4.69, 9.17) is 9.84 Å². The van der Waals surface area contributed by atoms with Gasteiger partial charge in [-0.3, -0.25) is 0 Å². The van der Waals surface area contributed by atoms with Gasteiger partial charge in [-0.25, -0.2) is 4.98 Å². The third kappa shape index (κ3) is 2.68. The van der Waals surface area contributed by atoms with Crippen molar-refractivity contribution in [3.63, 3.8) is 0 Å². The molecular weight excluding hydrogens is 284 g/mol. The second kappa shape index (κ2) is 5.33. The number of benzene rings is 1. The molecule has 0 unspecified atom stereocenters. The summed E-state index contributed by atoms with van der Waals surface area (Å²) >= 11 is 3.44. The summed E-state index contributed by atoms with van der Waals surface area (Å²) in [5, 5.41) is 9.14. The smallest absolute Gasteiger partial charge is 0.134 e. The molecule has 1 aromatic carbocycles. The van der Waals surface area contributed by atoms with Gasteiger partial charge in [0.2, 0.25) is 0 Å². The minimum atomic E-state index is -0.0662. The predicted molar refractivity (Wildman–Crippen MR) is 67.9 cm³/mol. The lowest BCUT2D eigenvalue weighted by atomic mass is 10.2. The van der Waals surface area contributed by atoms with Gasteiger partial charge in [0.05, 0.1) is 13.7 Å². The van der Waals surface area contributed by atoms with E-state index < -0.39 is 0 Å². The molecule has 5 heteroatoms. The lowest BCUT2D eigenvalue weighted by Gasteiger charge is -2.11. The van der Waals surface area contributed by atoms with Crippen molar-refractivity contribution in [2.24, 2.45) is 0 Å². The van der Waals surface area contributed by atoms with Crippen molar-refractivity contribution in [1.29, 1.82) is 0 Å². The van der Waals surface area contributed by atoms with E-state index in [9.17, 15) is 0 Å². The highest BCUT2D eigenvalue weighted by molar-refractivity contribution is 9.10. The molecule has 1 N–H and O–H groups in total. The number of nitrogens with zero attached hydrogens (tertiary/aromatic N) is 2. The molecule has 90 valence electrons. The Labute approximate surface area is 108 Å². The van der Waals surface area contributed by atoms with Crippen molar-refractivity contribution in [1.82, 2.24) is 9.55 Å². The number of ether oxygens (including phenoxy) is 1. The fraction of sp³-hybridized carbons (Fsp3) is 0.250. The average molecular weight is 297 g/mol. The Bertz CT molecular complexity index is 511. The summed E-state index contributed by atoms with van der Waals surface area (Å²) in [6.07, 6.45) is 3.52. The van der Waals surface area contributed by atoms with Crippen LogP contribution < -0.4 is 4.74 Å². The van der Waals surface area contributed by atoms with Gasteiger partial charge in [0.1, 0.15) is 18.2 Å². The number of aliphatic hydroxyl groups excluding tert-OH is 1. The van der Waals surface area contributed by atoms with Crippen LogP contribution in [0.3, 0.4) is 0 Å². The molecule has 0 atom stereocenters. The van der Waals surface area contributed by atoms with E-state index in [0.717, 1.165) is 15.8 Å². The van der Waals surface area contributed by atoms with Gasteiger partial charge < -0.3 is 14.4 Å². The molecule has 1 aromatic heterocycles. The number of imidazole rings is 1. The van der Waals surface area contributed by atoms with Crippen LogP contribution in [0.25, 0.3) is 0 Å². The molecule has 0 spiro atoms. The fourth-order valence-electron chi connectivity index (χ4n) is 1.69. The van der Waals surface area contributed by atoms with Crippen LogP contribution in [-0.4, -0.2) is 21.8 Å². The van der Waals surface area contributed by atoms with Crippen molar-refractivity contribution in [3.05, 3.63) is 46.5 Å². The summed E-state index contributed by atoms with van der Waals surface area (Å²) < 4.78 is 8.20. The van der Waals surface area contributed by atoms with Crippen LogP contribution >= 0.6 is 15.9 Å². The van der Waals surface area contributed by atoms with Gasteiger partial charge >= 0.3 is 0 Å². The maximum absolute atomic E-state index is 9.14. The Morgan fingerprint density at radius 2 is 2.29 bits per heavy atom. The largest absolute Gasteiger partial charge is 0.496 e. The molecule has 2 aromatic rings. The third-order valence-corrected chi connectivity index (χ3v) is 3.02. The first-order valence-electron chi connectivity index (χ1n) is 5.18. The second-order valence-corrected chi connectivity index (χ2v) is 4.50. The monoisotopic (exact) mass is 296 g/mol. The predicted octanol–water partition coefficient (Wildman–Crippen LogP) is 2.19. The van der Waals surface area contributed by atoms with Gasteiger partial charge in [-0.15, -0.1) is 0 Å². The highest BCUT2D eigenvalue weighted by Crippen LogP contribution is 2.24. The molecule has 0 aliphatic heterocycles. The standard InChI is InChI=1S/C12H13BrN2O2/c1-17-11-3-2-10(13)6-9(11)7-15-5-4-14-12(15)8-16/h2-6,16H,7-8H2,1H3. The van der Waals surface area contributed by atoms with Crippen molar-refractivity contribution < 1.29 is 9.84 Å². The van der Waals surface area contributed by atoms with Crippen LogP contribution in [0.1, 0.15) is 11.4 Å². The summed E-state index contributed by atoms with van der Waals surface area (Å²) in [5.41, 5.74) is 1.04. The first-order valence-corrected chi connectivity index (χ1v) is 5.97. The summed E-state index contributed by atoms with van der Waals surface area (Å²) in [5.74, 6) is 1.47. The fourth-order valence-corrected chi connectivity index (χ4v) is 2.10. The van der Waals surface area contributed by atoms with Gasteiger partial charge in [-0.2, -0.15) is 0 Å². The van der Waals surface area contributed by atoms with Crippen molar-refractivity contribution in [3.8, 4) is 5.75 Å². The lowest BCUT2D eigenvalue weighted by molar-refractivity contribution is 0.266. The zero-order valence-corrected chi connectivity index (χ0v) is 11.0. The molecule has 2 rings (SSSR count). The molecule has 17 heavy (non-hydrogen) atoms. The number of aromatic nitrogens is 2. The van der Waals surface area contributed by atoms with Gasteiger partial charge in [0.25, 0.3) is 0 Å². The van der Waals surface area contributed by atoms with E-state index in [2.05, 4.69) is 20.9 Å². The molecule has 0 saturated heterocycles. The number of halogens is 1. The van der Waals surface area contributed by atoms with E-state index in [1.165, 1.54) is 0 Å². The molecule has 0 bridgehead atoms. The van der Waals surface area contributed by atoms with Crippen LogP contribution in [0.4, 0.5) is 0 Å². The zero-order valence-electron chi connectivity index (χ0n) is 9.43. The number of hydrogen-bond donors (Lipinski definition) is 1. The highest BCUT2D eigenvalue weighted by Gasteiger charge is 2.07. The van der Waals surface area contributed by atoms with Crippen molar-refractivity contribution in [2.75, 3.05) is 7.11 Å². The Balaban J connectivity index is 2.32. The lowest BCUT2D eigenvalue weighted by Crippen LogP contribution is -2.05. The average Bonchev–Trinajstić information content (AvgIpc) is 2.77. The number of hydrogen-bond acceptors (Lipinski definition) is 3. The van der Waals surface area contributed by atoms with E-state index in [-0.39, 0.29) is 6.61 Å². The maximum atomic E-state index is 9.14. The van der Waals surface area contributed by atoms with Crippen molar-refractivity contribution in [2.45, 2.75) is 13.2 Å². The van der Waals surface area contributed by atoms with Gasteiger partial charge in [0, 0.05) is 22.4 Å². The molecule has 1 heterocycles. The summed E-state index contributed by atoms with van der Waals surface area (Å²) in [7, 11) is 1.65. The quantitative estimate of drug-likeness (QED) is 0.941. The van der Waals surface area contributed by atoms with E-state index >= 15 is 0 Å². The summed E-state index contributed by atoms with van der Waals surface area (Å²) in [6.45, 7) is 0.557. The van der Waals surface area contributed by atoms with Crippen molar-refractivity contribution >= 4 is 15.9 Å². The summed E-state index contributed by atoms with van der Waals surface area (Å²) in [4.78, 5) is 4.07. The molecule has 0 fully saturated rings. The van der Waals surface area contributed by atoms with Crippen LogP contribution in [0.2, 0.25) is 0 Å². The van der Waals surface area contributed by atoms with Crippen LogP contribution in [0, 0.1) is 0 Å². The first kappa shape index (κ1) is 12.1. The molecular formula is C12H13BrN2O2. The normalized spacial score (nSPS) is 10.5. The molecule has 0 radical (unpaired) electrons. The SMILES string of the molecule is COc1ccc(Br)cc1Cn1ccnc1CO. The second-order valence-electron chi connectivity index (χ2n) is 3.59. The molecule has 0 aliphatic rings. The van der Waals surface area contributed by atoms with Crippen LogP contribution in [-0.2, 0) is 13.2 Å². The highest BCUT2D eigenvalue weighted by atomic mass is 79.9. The van der Waals surface area contributed by atoms with Crippen LogP contribution in [0.15, 0.2) is 35.1 Å². The van der Waals surface area contributed by atoms with E-state index in [0.29, 0.717) is 12.4 Å². The van der Waals surface area contributed by atoms with E-state index in [1.54, 1.807) is 13.3 Å². The number of aliphatic hydroxyl groups is 1. The molecule has 4 nitrogen and oxygen atoms in total. The molecule has 0 aliphatic carbocycles.